The monoisotopic (exact) mass is 1060 g/mol. The van der Waals surface area contributed by atoms with E-state index in [9.17, 15) is 29.9 Å². The highest BCUT2D eigenvalue weighted by Gasteiger charge is 2.36. The van der Waals surface area contributed by atoms with Crippen molar-refractivity contribution in [2.45, 2.75) is 83.1 Å². The van der Waals surface area contributed by atoms with Crippen LogP contribution in [0, 0.1) is 28.1 Å². The van der Waals surface area contributed by atoms with Gasteiger partial charge in [0.2, 0.25) is 11.8 Å². The molecule has 3 atom stereocenters. The highest BCUT2D eigenvalue weighted by Crippen LogP contribution is 2.38. The highest BCUT2D eigenvalue weighted by atomic mass is 35.5. The lowest BCUT2D eigenvalue weighted by Crippen LogP contribution is -2.55. The van der Waals surface area contributed by atoms with E-state index in [1.807, 2.05) is 51.2 Å². The third kappa shape index (κ3) is 11.6. The van der Waals surface area contributed by atoms with E-state index in [1.165, 1.54) is 12.1 Å². The number of nitrogens with zero attached hydrogens (tertiary/aromatic N) is 9. The molecule has 0 bridgehead atoms. The molecule has 0 aliphatic carbocycles. The molecule has 7 N–H and O–H groups in total. The average molecular weight is 1060 g/mol. The van der Waals surface area contributed by atoms with Crippen molar-refractivity contribution in [3.05, 3.63) is 118 Å². The van der Waals surface area contributed by atoms with Gasteiger partial charge in [0, 0.05) is 85.7 Å². The number of amides is 3. The van der Waals surface area contributed by atoms with Crippen molar-refractivity contribution in [1.29, 1.82) is 16.1 Å². The van der Waals surface area contributed by atoms with Crippen LogP contribution in [0.4, 0.5) is 17.2 Å². The standard InChI is InChI=1S/C57H66ClN13O6/c1-5-50(74)70-25-24-69(31-40(70)16-20-59)55-42-19-23-68(47-11-7-9-36-8-6-10-45(58)51(36)47)32-46(42)64-57(65-55)77-33-41-26-38(30-66(41)4)63-56(76)37-17-21-67(22-18-37)29-35-12-14-39(15-13-35)71(53(61)54(62)75)52(60)44-27-43(34(2)3)48(72)28-49(44)73/h5-15,27-28,34,37-38,40-41,60-61,72-73H,1,16-19,21-26,29-33H2,2-4H3,(H2,62,75)(H,63,76)/t38-,40+,41+/m1/s1. The molecule has 0 radical (unpaired) electrons. The molecule has 0 unspecified atom stereocenters. The molecular formula is C57H66ClN13O6. The fourth-order valence-electron chi connectivity index (χ4n) is 11.3. The summed E-state index contributed by atoms with van der Waals surface area (Å²) in [6.45, 7) is 13.0. The van der Waals surface area contributed by atoms with E-state index in [0.29, 0.717) is 107 Å². The number of piperazine rings is 1. The molecule has 3 fully saturated rings. The van der Waals surface area contributed by atoms with Gasteiger partial charge in [0.1, 0.15) is 29.8 Å². The third-order valence-corrected chi connectivity index (χ3v) is 15.8. The van der Waals surface area contributed by atoms with Crippen molar-refractivity contribution in [3.63, 3.8) is 0 Å². The minimum atomic E-state index is -1.05. The smallest absolute Gasteiger partial charge is 0.318 e. The first kappa shape index (κ1) is 54.0. The van der Waals surface area contributed by atoms with Gasteiger partial charge in [-0.3, -0.25) is 39.9 Å². The van der Waals surface area contributed by atoms with Gasteiger partial charge in [-0.25, -0.2) is 0 Å². The van der Waals surface area contributed by atoms with Crippen molar-refractivity contribution in [2.24, 2.45) is 11.7 Å². The summed E-state index contributed by atoms with van der Waals surface area (Å²) < 4.78 is 6.52. The first-order valence-electron chi connectivity index (χ1n) is 26.2. The first-order valence-corrected chi connectivity index (χ1v) is 26.5. The number of phenols is 2. The molecule has 9 rings (SSSR count). The molecule has 4 aliphatic rings. The van der Waals surface area contributed by atoms with Crippen molar-refractivity contribution < 1.29 is 29.3 Å². The maximum absolute atomic E-state index is 13.8. The Morgan fingerprint density at radius 3 is 2.42 bits per heavy atom. The molecule has 20 heteroatoms. The molecule has 3 amide bonds. The number of hydrogen-bond donors (Lipinski definition) is 6. The molecule has 3 saturated heterocycles. The van der Waals surface area contributed by atoms with Gasteiger partial charge in [0.25, 0.3) is 5.91 Å². The second-order valence-electron chi connectivity index (χ2n) is 20.8. The van der Waals surface area contributed by atoms with Gasteiger partial charge in [-0.1, -0.05) is 68.4 Å². The Hall–Kier alpha value is -7.79. The number of carbonyl (C=O) groups excluding carboxylic acids is 3. The summed E-state index contributed by atoms with van der Waals surface area (Å²) in [5.41, 5.74) is 10.2. The van der Waals surface area contributed by atoms with Gasteiger partial charge in [-0.2, -0.15) is 15.2 Å². The van der Waals surface area contributed by atoms with E-state index >= 15 is 0 Å². The zero-order chi connectivity index (χ0) is 54.7. The quantitative estimate of drug-likeness (QED) is 0.0407. The molecule has 4 aliphatic heterocycles. The van der Waals surface area contributed by atoms with E-state index in [4.69, 9.17) is 42.9 Å². The lowest BCUT2D eigenvalue weighted by atomic mass is 9.95. The molecule has 19 nitrogen and oxygen atoms in total. The number of piperidine rings is 1. The summed E-state index contributed by atoms with van der Waals surface area (Å²) >= 11 is 6.80. The summed E-state index contributed by atoms with van der Waals surface area (Å²) in [6.07, 6.45) is 4.20. The van der Waals surface area contributed by atoms with Crippen LogP contribution in [0.2, 0.25) is 5.02 Å². The minimum Gasteiger partial charge on any atom is -0.508 e. The van der Waals surface area contributed by atoms with Gasteiger partial charge in [0.05, 0.1) is 41.4 Å². The van der Waals surface area contributed by atoms with E-state index in [0.717, 1.165) is 50.1 Å². The molecule has 5 heterocycles. The Morgan fingerprint density at radius 1 is 0.974 bits per heavy atom. The minimum absolute atomic E-state index is 0.0174. The number of amidine groups is 2. The van der Waals surface area contributed by atoms with E-state index in [-0.39, 0.29) is 77.1 Å². The molecule has 4 aromatic carbocycles. The molecule has 5 aromatic rings. The Labute approximate surface area is 453 Å². The summed E-state index contributed by atoms with van der Waals surface area (Å²) in [5, 5.41) is 54.3. The first-order chi connectivity index (χ1) is 37.0. The van der Waals surface area contributed by atoms with Crippen LogP contribution in [0.15, 0.2) is 85.5 Å². The molecule has 0 spiro atoms. The van der Waals surface area contributed by atoms with Crippen LogP contribution in [-0.2, 0) is 33.9 Å². The van der Waals surface area contributed by atoms with Gasteiger partial charge in [-0.05, 0) is 105 Å². The Bertz CT molecular complexity index is 3130. The third-order valence-electron chi connectivity index (χ3n) is 15.5. The van der Waals surface area contributed by atoms with Crippen LogP contribution in [0.25, 0.3) is 10.8 Å². The number of carbonyl (C=O) groups is 3. The van der Waals surface area contributed by atoms with Crippen LogP contribution in [0.5, 0.6) is 17.5 Å². The van der Waals surface area contributed by atoms with Gasteiger partial charge in [0.15, 0.2) is 5.84 Å². The molecule has 77 heavy (non-hydrogen) atoms. The largest absolute Gasteiger partial charge is 0.508 e. The molecule has 1 aromatic heterocycles. The van der Waals surface area contributed by atoms with Crippen LogP contribution in [-0.4, -0.2) is 142 Å². The van der Waals surface area contributed by atoms with Crippen molar-refractivity contribution in [1.82, 2.24) is 30.0 Å². The fraction of sp³-hybridized carbons (Fsp3) is 0.404. The highest BCUT2D eigenvalue weighted by molar-refractivity contribution is 6.47. The maximum atomic E-state index is 13.8. The van der Waals surface area contributed by atoms with Crippen LogP contribution >= 0.6 is 11.6 Å². The van der Waals surface area contributed by atoms with Crippen molar-refractivity contribution in [3.8, 4) is 23.6 Å². The van der Waals surface area contributed by atoms with E-state index < -0.39 is 11.7 Å². The summed E-state index contributed by atoms with van der Waals surface area (Å²) in [7, 11) is 2.03. The predicted octanol–water partition coefficient (Wildman–Crippen LogP) is 6.27. The number of ether oxygens (including phenoxy) is 1. The topological polar surface area (TPSA) is 256 Å². The second kappa shape index (κ2) is 23.2. The SMILES string of the molecule is C=CC(=O)N1CCN(c2nc(OC[C@@H]3C[C@@H](NC(=O)C4CCN(Cc5ccc(N(C(=N)C(N)=O)C(=N)c6cc(C(C)C)c(O)cc6O)cc5)CC4)CN3C)nc3c2CCN(c2cccc4cccc(Cl)c24)C3)C[C@@H]1CC#N. The number of primary amides is 1. The zero-order valence-electron chi connectivity index (χ0n) is 43.7. The maximum Gasteiger partial charge on any atom is 0.318 e. The number of fused-ring (bicyclic) bond motifs is 2. The number of likely N-dealkylation sites (N-methyl/N-ethyl adjacent to an activating group) is 1. The van der Waals surface area contributed by atoms with Gasteiger partial charge >= 0.3 is 6.01 Å². The predicted molar refractivity (Wildman–Crippen MR) is 297 cm³/mol. The Kier molecular flexibility index (Phi) is 16.3. The van der Waals surface area contributed by atoms with Crippen molar-refractivity contribution in [2.75, 3.05) is 74.2 Å². The lowest BCUT2D eigenvalue weighted by Gasteiger charge is -2.42. The number of anilines is 3. The Morgan fingerprint density at radius 2 is 1.71 bits per heavy atom. The number of benzene rings is 4. The molecule has 0 saturated carbocycles. The summed E-state index contributed by atoms with van der Waals surface area (Å²) in [4.78, 5) is 60.7. The van der Waals surface area contributed by atoms with E-state index in [2.05, 4.69) is 55.8 Å². The fourth-order valence-corrected chi connectivity index (χ4v) is 11.6. The number of nitrogens with two attached hydrogens (primary N) is 1. The lowest BCUT2D eigenvalue weighted by molar-refractivity contribution is -0.128. The normalized spacial score (nSPS) is 19.2. The van der Waals surface area contributed by atoms with Gasteiger partial charge in [-0.15, -0.1) is 0 Å². The Balaban J connectivity index is 0.818. The number of rotatable bonds is 14. The number of aromatic nitrogens is 2. The summed E-state index contributed by atoms with van der Waals surface area (Å²) in [5.74, 6) is -2.22. The van der Waals surface area contributed by atoms with E-state index in [1.54, 1.807) is 17.0 Å². The molecular weight excluding hydrogens is 998 g/mol. The van der Waals surface area contributed by atoms with Crippen LogP contribution in [0.3, 0.4) is 0 Å². The van der Waals surface area contributed by atoms with Crippen molar-refractivity contribution >= 4 is 69.0 Å². The van der Waals surface area contributed by atoms with Crippen LogP contribution < -0.4 is 30.5 Å². The zero-order valence-corrected chi connectivity index (χ0v) is 44.5. The van der Waals surface area contributed by atoms with Gasteiger partial charge < -0.3 is 40.7 Å². The number of nitriles is 1. The number of likely N-dealkylation sites (tertiary alicyclic amines) is 2. The number of aromatic hydroxyl groups is 2. The number of nitrogens with one attached hydrogen (secondary N) is 3. The number of hydrogen-bond acceptors (Lipinski definition) is 15. The van der Waals surface area contributed by atoms with Crippen LogP contribution in [0.1, 0.15) is 73.4 Å². The summed E-state index contributed by atoms with van der Waals surface area (Å²) in [6, 6.07) is 23.9. The average Bonchev–Trinajstić information content (AvgIpc) is 3.80. The number of halogens is 1. The second-order valence-corrected chi connectivity index (χ2v) is 21.2. The number of phenolic OH excluding ortho intramolecular Hbond substituents is 2. The molecule has 402 valence electrons.